The van der Waals surface area contributed by atoms with Gasteiger partial charge in [0.2, 0.25) is 0 Å². The van der Waals surface area contributed by atoms with Crippen molar-refractivity contribution >= 4 is 41.6 Å². The molecule has 1 unspecified atom stereocenters. The molecule has 0 saturated carbocycles. The first kappa shape index (κ1) is 19.7. The van der Waals surface area contributed by atoms with Crippen LogP contribution in [0.3, 0.4) is 0 Å². The number of nitrogens with zero attached hydrogens (tertiary/aromatic N) is 2. The number of carbonyl (C=O) groups excluding carboxylic acids is 1. The second-order valence-electron chi connectivity index (χ2n) is 5.90. The minimum Gasteiger partial charge on any atom is -0.339 e. The average molecular weight is 356 g/mol. The van der Waals surface area contributed by atoms with E-state index in [1.165, 1.54) is 0 Å². The highest BCUT2D eigenvalue weighted by Crippen LogP contribution is 2.22. The van der Waals surface area contributed by atoms with E-state index in [2.05, 4.69) is 11.9 Å². The van der Waals surface area contributed by atoms with E-state index in [-0.39, 0.29) is 36.8 Å². The lowest BCUT2D eigenvalue weighted by Gasteiger charge is -2.33. The van der Waals surface area contributed by atoms with Crippen molar-refractivity contribution in [3.8, 4) is 0 Å². The second kappa shape index (κ2) is 8.48. The zero-order valence-electron chi connectivity index (χ0n) is 13.1. The molecule has 1 aromatic heterocycles. The third-order valence-electron chi connectivity index (χ3n) is 4.42. The van der Waals surface area contributed by atoms with Gasteiger partial charge in [-0.25, -0.2) is 0 Å². The van der Waals surface area contributed by atoms with Gasteiger partial charge in [-0.3, -0.25) is 9.78 Å². The smallest absolute Gasteiger partial charge is 0.253 e. The molecule has 4 nitrogen and oxygen atoms in total. The molecule has 1 aliphatic rings. The molecule has 0 radical (unpaired) electrons. The minimum atomic E-state index is 0. The van der Waals surface area contributed by atoms with Gasteiger partial charge in [-0.05, 0) is 49.9 Å². The van der Waals surface area contributed by atoms with Crippen LogP contribution in [-0.4, -0.2) is 34.9 Å². The Kier molecular flexibility index (Phi) is 7.26. The molecular weight excluding hydrogens is 333 g/mol. The van der Waals surface area contributed by atoms with Gasteiger partial charge in [0.15, 0.2) is 0 Å². The Labute approximate surface area is 149 Å². The van der Waals surface area contributed by atoms with Crippen LogP contribution in [0.5, 0.6) is 0 Å². The van der Waals surface area contributed by atoms with Crippen molar-refractivity contribution in [1.29, 1.82) is 0 Å². The normalized spacial score (nSPS) is 16.3. The molecule has 0 spiro atoms. The van der Waals surface area contributed by atoms with Crippen molar-refractivity contribution in [3.05, 3.63) is 42.1 Å². The number of pyridine rings is 1. The molecule has 1 amide bonds. The number of likely N-dealkylation sites (tertiary alicyclic amines) is 1. The summed E-state index contributed by atoms with van der Waals surface area (Å²) in [7, 11) is 0. The molecule has 2 N–H and O–H groups in total. The van der Waals surface area contributed by atoms with Crippen molar-refractivity contribution < 1.29 is 4.79 Å². The Morgan fingerprint density at radius 2 is 1.96 bits per heavy atom. The Morgan fingerprint density at radius 3 is 2.61 bits per heavy atom. The number of hydrogen-bond donors (Lipinski definition) is 1. The monoisotopic (exact) mass is 355 g/mol. The number of nitrogens with two attached hydrogens (primary N) is 1. The predicted molar refractivity (Wildman–Crippen MR) is 98.5 cm³/mol. The van der Waals surface area contributed by atoms with Crippen LogP contribution in [-0.2, 0) is 0 Å². The fourth-order valence-corrected chi connectivity index (χ4v) is 3.02. The van der Waals surface area contributed by atoms with Gasteiger partial charge in [0.25, 0.3) is 5.91 Å². The SMILES string of the molecule is CC(N)C1CCN(C(=O)c2ccc3ncccc3c2)CC1.Cl.Cl. The molecule has 23 heavy (non-hydrogen) atoms. The third kappa shape index (κ3) is 4.34. The third-order valence-corrected chi connectivity index (χ3v) is 4.42. The molecule has 1 saturated heterocycles. The number of carbonyl (C=O) groups is 1. The zero-order valence-corrected chi connectivity index (χ0v) is 14.8. The van der Waals surface area contributed by atoms with Crippen LogP contribution < -0.4 is 5.73 Å². The molecule has 6 heteroatoms. The van der Waals surface area contributed by atoms with Gasteiger partial charge in [0, 0.05) is 36.3 Å². The fourth-order valence-electron chi connectivity index (χ4n) is 3.02. The molecule has 2 aromatic rings. The summed E-state index contributed by atoms with van der Waals surface area (Å²) in [6.07, 6.45) is 3.76. The van der Waals surface area contributed by atoms with Crippen LogP contribution >= 0.6 is 24.8 Å². The highest BCUT2D eigenvalue weighted by Gasteiger charge is 2.25. The van der Waals surface area contributed by atoms with E-state index >= 15 is 0 Å². The molecule has 0 bridgehead atoms. The quantitative estimate of drug-likeness (QED) is 0.898. The van der Waals surface area contributed by atoms with Crippen LogP contribution in [0.4, 0.5) is 0 Å². The molecule has 1 fully saturated rings. The topological polar surface area (TPSA) is 59.2 Å². The first-order chi connectivity index (χ1) is 10.1. The lowest BCUT2D eigenvalue weighted by atomic mass is 9.90. The van der Waals surface area contributed by atoms with E-state index in [1.807, 2.05) is 35.2 Å². The van der Waals surface area contributed by atoms with Crippen molar-refractivity contribution in [1.82, 2.24) is 9.88 Å². The van der Waals surface area contributed by atoms with Gasteiger partial charge < -0.3 is 10.6 Å². The molecule has 3 rings (SSSR count). The fraction of sp³-hybridized carbons (Fsp3) is 0.412. The summed E-state index contributed by atoms with van der Waals surface area (Å²) < 4.78 is 0. The zero-order chi connectivity index (χ0) is 14.8. The van der Waals surface area contributed by atoms with E-state index in [1.54, 1.807) is 6.20 Å². The van der Waals surface area contributed by atoms with E-state index in [0.29, 0.717) is 5.92 Å². The number of hydrogen-bond acceptors (Lipinski definition) is 3. The highest BCUT2D eigenvalue weighted by molar-refractivity contribution is 5.98. The molecule has 1 aliphatic heterocycles. The van der Waals surface area contributed by atoms with Gasteiger partial charge in [0.1, 0.15) is 0 Å². The molecular formula is C17H23Cl2N3O. The van der Waals surface area contributed by atoms with E-state index < -0.39 is 0 Å². The van der Waals surface area contributed by atoms with Crippen molar-refractivity contribution in [2.75, 3.05) is 13.1 Å². The summed E-state index contributed by atoms with van der Waals surface area (Å²) in [5, 5.41) is 1.01. The molecule has 126 valence electrons. The Hall–Kier alpha value is -1.36. The summed E-state index contributed by atoms with van der Waals surface area (Å²) >= 11 is 0. The first-order valence-corrected chi connectivity index (χ1v) is 7.55. The molecule has 1 atom stereocenters. The maximum Gasteiger partial charge on any atom is 0.253 e. The van der Waals surface area contributed by atoms with Crippen LogP contribution in [0, 0.1) is 5.92 Å². The highest BCUT2D eigenvalue weighted by atomic mass is 35.5. The number of benzene rings is 1. The van der Waals surface area contributed by atoms with Crippen molar-refractivity contribution in [3.63, 3.8) is 0 Å². The van der Waals surface area contributed by atoms with Gasteiger partial charge in [-0.1, -0.05) is 6.07 Å². The number of aromatic nitrogens is 1. The number of piperidine rings is 1. The minimum absolute atomic E-state index is 0. The second-order valence-corrected chi connectivity index (χ2v) is 5.90. The number of fused-ring (bicyclic) bond motifs is 1. The summed E-state index contributed by atoms with van der Waals surface area (Å²) in [6.45, 7) is 3.66. The number of amides is 1. The van der Waals surface area contributed by atoms with E-state index in [9.17, 15) is 4.79 Å². The lowest BCUT2D eigenvalue weighted by Crippen LogP contribution is -2.42. The van der Waals surface area contributed by atoms with Crippen molar-refractivity contribution in [2.24, 2.45) is 11.7 Å². The first-order valence-electron chi connectivity index (χ1n) is 7.55. The Morgan fingerprint density at radius 1 is 1.26 bits per heavy atom. The number of rotatable bonds is 2. The maximum absolute atomic E-state index is 12.6. The van der Waals surface area contributed by atoms with Crippen LogP contribution in [0.1, 0.15) is 30.1 Å². The van der Waals surface area contributed by atoms with E-state index in [4.69, 9.17) is 5.73 Å². The summed E-state index contributed by atoms with van der Waals surface area (Å²) in [6, 6.07) is 9.81. The van der Waals surface area contributed by atoms with Crippen LogP contribution in [0.15, 0.2) is 36.5 Å². The molecule has 1 aromatic carbocycles. The predicted octanol–water partition coefficient (Wildman–Crippen LogP) is 3.28. The summed E-state index contributed by atoms with van der Waals surface area (Å²) in [4.78, 5) is 18.8. The Bertz CT molecular complexity index is 655. The summed E-state index contributed by atoms with van der Waals surface area (Å²) in [5.74, 6) is 0.652. The number of halogens is 2. The van der Waals surface area contributed by atoms with Crippen molar-refractivity contribution in [2.45, 2.75) is 25.8 Å². The Balaban J connectivity index is 0.00000132. The largest absolute Gasteiger partial charge is 0.339 e. The standard InChI is InChI=1S/C17H21N3O.2ClH/c1-12(18)13-6-9-20(10-7-13)17(21)15-4-5-16-14(11-15)3-2-8-19-16;;/h2-5,8,11-13H,6-7,9-10,18H2,1H3;2*1H. The van der Waals surface area contributed by atoms with E-state index in [0.717, 1.165) is 42.4 Å². The van der Waals surface area contributed by atoms with Crippen LogP contribution in [0.25, 0.3) is 10.9 Å². The average Bonchev–Trinajstić information content (AvgIpc) is 2.54. The van der Waals surface area contributed by atoms with Gasteiger partial charge in [-0.2, -0.15) is 0 Å². The summed E-state index contributed by atoms with van der Waals surface area (Å²) in [5.41, 5.74) is 7.62. The molecule has 2 heterocycles. The lowest BCUT2D eigenvalue weighted by molar-refractivity contribution is 0.0681. The maximum atomic E-state index is 12.6. The van der Waals surface area contributed by atoms with Gasteiger partial charge >= 0.3 is 0 Å². The van der Waals surface area contributed by atoms with Gasteiger partial charge in [-0.15, -0.1) is 24.8 Å². The van der Waals surface area contributed by atoms with Gasteiger partial charge in [0.05, 0.1) is 5.52 Å². The van der Waals surface area contributed by atoms with Crippen LogP contribution in [0.2, 0.25) is 0 Å². The molecule has 0 aliphatic carbocycles.